The van der Waals surface area contributed by atoms with E-state index in [1.807, 2.05) is 0 Å². The van der Waals surface area contributed by atoms with Crippen molar-refractivity contribution in [1.29, 1.82) is 0 Å². The van der Waals surface area contributed by atoms with Gasteiger partial charge in [-0.3, -0.25) is 0 Å². The summed E-state index contributed by atoms with van der Waals surface area (Å²) < 4.78 is 16.7. The number of carbonyl (C=O) groups excluding carboxylic acids is 4. The van der Waals surface area contributed by atoms with Gasteiger partial charge >= 0.3 is 206 Å². The Morgan fingerprint density at radius 3 is 1.80 bits per heavy atom. The molecule has 0 saturated heterocycles. The van der Waals surface area contributed by atoms with Crippen molar-refractivity contribution < 1.29 is 259 Å². The summed E-state index contributed by atoms with van der Waals surface area (Å²) in [5, 5.41) is 45.4. The average Bonchev–Trinajstić information content (AvgIpc) is 3.37. The number of carboxylic acids is 4. The van der Waals surface area contributed by atoms with Gasteiger partial charge in [-0.15, -0.1) is 0 Å². The molecule has 0 fully saturated rings. The Morgan fingerprint density at radius 1 is 0.652 bits per heavy atom. The van der Waals surface area contributed by atoms with Gasteiger partial charge < -0.3 is 63.7 Å². The number of rotatable bonds is 15. The maximum absolute atomic E-state index is 11.4. The van der Waals surface area contributed by atoms with Crippen molar-refractivity contribution >= 4 is 40.5 Å². The number of fused-ring (bicyclic) bond motifs is 1. The number of carbonyl (C=O) groups is 4. The van der Waals surface area contributed by atoms with Crippen LogP contribution in [0.3, 0.4) is 0 Å². The van der Waals surface area contributed by atoms with Crippen LogP contribution in [-0.2, 0) is 14.4 Å². The molecule has 1 aromatic heterocycles. The number of benzene rings is 3. The van der Waals surface area contributed by atoms with E-state index < -0.39 is 43.6 Å². The van der Waals surface area contributed by atoms with E-state index >= 15 is 0 Å². The molecule has 0 aliphatic rings. The number of aliphatic carboxylic acids is 3. The zero-order chi connectivity index (χ0) is 30.2. The van der Waals surface area contributed by atoms with Crippen LogP contribution in [0.2, 0.25) is 0 Å². The van der Waals surface area contributed by atoms with Crippen LogP contribution in [0.15, 0.2) is 66.7 Å². The molecule has 0 spiro atoms. The van der Waals surface area contributed by atoms with E-state index in [9.17, 15) is 39.6 Å². The van der Waals surface area contributed by atoms with E-state index in [0.29, 0.717) is 22.2 Å². The molecule has 1 N–H and O–H groups in total. The van der Waals surface area contributed by atoms with Crippen molar-refractivity contribution in [2.45, 2.75) is 0 Å². The number of hydrogen-bond acceptors (Lipinski definition) is 12. The third kappa shape index (κ3) is 14.2. The van der Waals surface area contributed by atoms with Gasteiger partial charge in [0.15, 0.2) is 11.5 Å². The second-order valence-corrected chi connectivity index (χ2v) is 8.86. The minimum absolute atomic E-state index is 0. The molecule has 0 saturated carbocycles. The Balaban J connectivity index is 0.00000506. The number of nitrogens with one attached hydrogen (secondary N) is 1. The van der Waals surface area contributed by atoms with Crippen molar-refractivity contribution in [2.24, 2.45) is 0 Å². The van der Waals surface area contributed by atoms with Crippen LogP contribution in [-0.4, -0.2) is 61.8 Å². The number of ether oxygens (including phenoxy) is 3. The zero-order valence-corrected chi connectivity index (χ0v) is 38.3. The fourth-order valence-corrected chi connectivity index (χ4v) is 4.13. The van der Waals surface area contributed by atoms with Gasteiger partial charge in [0.2, 0.25) is 0 Å². The molecule has 0 atom stereocenters. The Kier molecular flexibility index (Phi) is 23.7. The molecule has 0 radical (unpaired) electrons. The van der Waals surface area contributed by atoms with Gasteiger partial charge in [0, 0.05) is 22.2 Å². The van der Waals surface area contributed by atoms with Crippen LogP contribution in [0.4, 0.5) is 5.69 Å². The summed E-state index contributed by atoms with van der Waals surface area (Å²) in [6, 6.07) is 17.2. The molecule has 3 aromatic carbocycles. The number of anilines is 1. The molecule has 4 aromatic rings. The summed E-state index contributed by atoms with van der Waals surface area (Å²) in [4.78, 5) is 48.8. The Bertz CT molecular complexity index is 1630. The maximum atomic E-state index is 11.4. The van der Waals surface area contributed by atoms with E-state index in [1.54, 1.807) is 42.5 Å². The van der Waals surface area contributed by atoms with Gasteiger partial charge in [-0.2, -0.15) is 0 Å². The van der Waals surface area contributed by atoms with Crippen LogP contribution < -0.4 is 245 Å². The fourth-order valence-electron chi connectivity index (χ4n) is 4.13. The van der Waals surface area contributed by atoms with Crippen LogP contribution >= 0.6 is 0 Å². The number of aromatic amines is 1. The van der Waals surface area contributed by atoms with E-state index in [-0.39, 0.29) is 247 Å². The van der Waals surface area contributed by atoms with Crippen molar-refractivity contribution in [3.63, 3.8) is 0 Å². The third-order valence-electron chi connectivity index (χ3n) is 5.90. The number of para-hydroxylation sites is 2. The molecule has 218 valence electrons. The topological polar surface area (TPSA) is 207 Å². The third-order valence-corrected chi connectivity index (χ3v) is 5.90. The Labute approximate surface area is 433 Å². The summed E-state index contributed by atoms with van der Waals surface area (Å²) in [6.07, 6.45) is 0. The monoisotopic (exact) mass is 730 g/mol. The maximum Gasteiger partial charge on any atom is 1.00 e. The van der Waals surface area contributed by atoms with Gasteiger partial charge in [-0.25, -0.2) is 0 Å². The molecule has 1 heterocycles. The van der Waals surface area contributed by atoms with Crippen LogP contribution in [0.25, 0.3) is 22.2 Å². The largest absolute Gasteiger partial charge is 1.00 e. The predicted octanol–water partition coefficient (Wildman–Crippen LogP) is -13.9. The van der Waals surface area contributed by atoms with Crippen molar-refractivity contribution in [1.82, 2.24) is 4.98 Å². The molecule has 0 unspecified atom stereocenters. The quantitative estimate of drug-likeness (QED) is 0.0894. The SMILES string of the molecule is O=C([O-])COc1ccccc1OCCOc1cc(-c2cc3ccc(C(=O)[O-])cc3[nH]2)ccc1N(CC(=O)[O-])CC(=O)[O-].[K+].[K+].[K+].[K+]. The summed E-state index contributed by atoms with van der Waals surface area (Å²) in [6.45, 7) is -2.36. The fraction of sp³-hybridized carbons (Fsp3) is 0.172. The first-order valence-electron chi connectivity index (χ1n) is 12.4. The van der Waals surface area contributed by atoms with Gasteiger partial charge in [0.25, 0.3) is 0 Å². The number of carboxylic acid groups (broad SMARTS) is 4. The summed E-state index contributed by atoms with van der Waals surface area (Å²) in [5.74, 6) is -5.28. The van der Waals surface area contributed by atoms with Crippen molar-refractivity contribution in [2.75, 3.05) is 37.8 Å². The van der Waals surface area contributed by atoms with E-state index in [4.69, 9.17) is 14.2 Å². The minimum Gasteiger partial charge on any atom is -0.548 e. The second-order valence-electron chi connectivity index (χ2n) is 8.86. The number of aromatic nitrogens is 1. The molecule has 4 rings (SSSR count). The molecular formula is C29H22K4N2O11. The zero-order valence-electron chi connectivity index (χ0n) is 25.8. The van der Waals surface area contributed by atoms with E-state index in [2.05, 4.69) is 4.98 Å². The predicted molar refractivity (Wildman–Crippen MR) is 138 cm³/mol. The average molecular weight is 731 g/mol. The molecule has 46 heavy (non-hydrogen) atoms. The Morgan fingerprint density at radius 2 is 1.24 bits per heavy atom. The molecule has 17 heteroatoms. The van der Waals surface area contributed by atoms with Crippen molar-refractivity contribution in [3.05, 3.63) is 72.3 Å². The van der Waals surface area contributed by atoms with Gasteiger partial charge in [-0.05, 0) is 42.0 Å². The number of hydrogen-bond donors (Lipinski definition) is 1. The normalized spacial score (nSPS) is 9.74. The molecule has 0 amide bonds. The van der Waals surface area contributed by atoms with E-state index in [0.717, 1.165) is 4.90 Å². The van der Waals surface area contributed by atoms with Crippen molar-refractivity contribution in [3.8, 4) is 28.5 Å². The molecular weight excluding hydrogens is 709 g/mol. The number of aromatic carboxylic acids is 1. The van der Waals surface area contributed by atoms with Crippen LogP contribution in [0.1, 0.15) is 10.4 Å². The number of nitrogens with zero attached hydrogens (tertiary/aromatic N) is 1. The number of H-pyrrole nitrogens is 1. The summed E-state index contributed by atoms with van der Waals surface area (Å²) in [7, 11) is 0. The first kappa shape index (κ1) is 46.8. The van der Waals surface area contributed by atoms with Crippen LogP contribution in [0, 0.1) is 0 Å². The summed E-state index contributed by atoms with van der Waals surface area (Å²) >= 11 is 0. The molecule has 13 nitrogen and oxygen atoms in total. The van der Waals surface area contributed by atoms with Gasteiger partial charge in [0.1, 0.15) is 25.6 Å². The van der Waals surface area contributed by atoms with Gasteiger partial charge in [-0.1, -0.05) is 30.3 Å². The first-order valence-corrected chi connectivity index (χ1v) is 12.4. The molecule has 0 aliphatic carbocycles. The molecule has 0 bridgehead atoms. The standard InChI is InChI=1S/C29H26N2O11.4K/c32-26(33)14-31(15-27(34)35)22-8-7-18(20-11-17-5-6-19(29(38)39)12-21(17)30-20)13-25(22)41-10-9-40-23-3-1-2-4-24(23)42-16-28(36)37;;;;/h1-8,11-13,30H,9-10,14-16H2,(H,32,33)(H,34,35)(H,36,37)(H,38,39);;;;/q;4*+1/p-4. The minimum atomic E-state index is -1.53. The molecule has 0 aliphatic heterocycles. The van der Waals surface area contributed by atoms with E-state index in [1.165, 1.54) is 24.3 Å². The summed E-state index contributed by atoms with van der Waals surface area (Å²) in [5.41, 5.74) is 1.77. The Hall–Kier alpha value is 0.825. The van der Waals surface area contributed by atoms with Crippen LogP contribution in [0.5, 0.6) is 17.2 Å². The second kappa shape index (κ2) is 23.3. The smallest absolute Gasteiger partial charge is 0.548 e. The van der Waals surface area contributed by atoms with Gasteiger partial charge in [0.05, 0.1) is 42.7 Å². The first-order chi connectivity index (χ1) is 20.1.